The third-order valence-electron chi connectivity index (χ3n) is 8.59. The van der Waals surface area contributed by atoms with Crippen LogP contribution in [-0.2, 0) is 0 Å². The zero-order valence-corrected chi connectivity index (χ0v) is 30.4. The van der Waals surface area contributed by atoms with Gasteiger partial charge in [0.1, 0.15) is 11.5 Å². The fourth-order valence-electron chi connectivity index (χ4n) is 5.49. The van der Waals surface area contributed by atoms with Crippen LogP contribution in [0.3, 0.4) is 0 Å². The summed E-state index contributed by atoms with van der Waals surface area (Å²) < 4.78 is 22.5. The number of esters is 2. The van der Waals surface area contributed by atoms with E-state index < -0.39 is 22.8 Å². The summed E-state index contributed by atoms with van der Waals surface area (Å²) in [5, 5.41) is 0. The number of carbonyl (C=O) groups is 2. The molecular weight excluding hydrogens is 656 g/mol. The molecule has 274 valence electrons. The summed E-state index contributed by atoms with van der Waals surface area (Å²) in [6, 6.07) is 25.1. The molecule has 0 aliphatic heterocycles. The highest BCUT2D eigenvalue weighted by Gasteiger charge is 2.13. The van der Waals surface area contributed by atoms with Gasteiger partial charge >= 0.3 is 11.9 Å². The molecule has 0 spiro atoms. The molecule has 0 atom stereocenters. The fraction of sp³-hybridized carbons (Fsp3) is 0.364. The van der Waals surface area contributed by atoms with Gasteiger partial charge in [0.25, 0.3) is 0 Å². The maximum absolute atomic E-state index is 12.8. The van der Waals surface area contributed by atoms with Crippen molar-refractivity contribution in [3.05, 3.63) is 129 Å². The van der Waals surface area contributed by atoms with Gasteiger partial charge in [0, 0.05) is 0 Å². The Hall–Kier alpha value is -5.24. The first-order chi connectivity index (χ1) is 25.4. The average Bonchev–Trinajstić information content (AvgIpc) is 3.45. The van der Waals surface area contributed by atoms with Crippen LogP contribution in [0.15, 0.2) is 107 Å². The third kappa shape index (κ3) is 13.1. The predicted octanol–water partition coefficient (Wildman–Crippen LogP) is 9.99. The fourth-order valence-corrected chi connectivity index (χ4v) is 5.49. The van der Waals surface area contributed by atoms with Crippen molar-refractivity contribution in [1.29, 1.82) is 0 Å². The highest BCUT2D eigenvalue weighted by molar-refractivity contribution is 5.91. The van der Waals surface area contributed by atoms with Crippen molar-refractivity contribution in [1.82, 2.24) is 0 Å². The van der Waals surface area contributed by atoms with Crippen LogP contribution in [0.2, 0.25) is 0 Å². The topological polar surface area (TPSA) is 105 Å². The summed E-state index contributed by atoms with van der Waals surface area (Å²) in [5.74, 6) is -0.291. The lowest BCUT2D eigenvalue weighted by Crippen LogP contribution is -2.13. The zero-order chi connectivity index (χ0) is 37.0. The minimum Gasteiger partial charge on any atom is -0.494 e. The molecular formula is C44H50O8. The summed E-state index contributed by atoms with van der Waals surface area (Å²) in [6.07, 6.45) is 14.1. The van der Waals surface area contributed by atoms with Gasteiger partial charge in [-0.2, -0.15) is 0 Å². The minimum atomic E-state index is -0.670. The van der Waals surface area contributed by atoms with Gasteiger partial charge in [-0.1, -0.05) is 102 Å². The SMILES string of the molecule is CCCCCCCCOc1ccc(C(=O)Oc2ccc(-c3ccc(OC(=O)c4ccc(OCCCCCCCC)cc4)c(=O)cc3)ccc2=O)cc1. The van der Waals surface area contributed by atoms with E-state index in [0.717, 1.165) is 25.7 Å². The Labute approximate surface area is 306 Å². The molecule has 0 saturated carbocycles. The molecule has 4 aromatic carbocycles. The lowest BCUT2D eigenvalue weighted by molar-refractivity contribution is 0.0723. The van der Waals surface area contributed by atoms with Gasteiger partial charge in [-0.3, -0.25) is 9.59 Å². The molecule has 0 amide bonds. The summed E-state index contributed by atoms with van der Waals surface area (Å²) in [4.78, 5) is 51.3. The smallest absolute Gasteiger partial charge is 0.343 e. The van der Waals surface area contributed by atoms with Gasteiger partial charge < -0.3 is 18.9 Å². The molecule has 0 N–H and O–H groups in total. The van der Waals surface area contributed by atoms with Crippen LogP contribution in [0.5, 0.6) is 23.0 Å². The van der Waals surface area contributed by atoms with Crippen molar-refractivity contribution >= 4 is 11.9 Å². The second kappa shape index (κ2) is 21.9. The Morgan fingerprint density at radius 2 is 0.769 bits per heavy atom. The molecule has 8 nitrogen and oxygen atoms in total. The number of rotatable bonds is 21. The van der Waals surface area contributed by atoms with E-state index >= 15 is 0 Å². The summed E-state index contributed by atoms with van der Waals surface area (Å²) in [6.45, 7) is 5.63. The van der Waals surface area contributed by atoms with E-state index in [1.54, 1.807) is 72.8 Å². The summed E-state index contributed by atoms with van der Waals surface area (Å²) in [7, 11) is 0. The van der Waals surface area contributed by atoms with Crippen molar-refractivity contribution < 1.29 is 28.5 Å². The molecule has 0 bridgehead atoms. The van der Waals surface area contributed by atoms with Gasteiger partial charge in [-0.15, -0.1) is 0 Å². The van der Waals surface area contributed by atoms with Crippen molar-refractivity contribution in [2.24, 2.45) is 0 Å². The Bertz CT molecular complexity index is 1700. The van der Waals surface area contributed by atoms with E-state index in [-0.39, 0.29) is 22.6 Å². The quantitative estimate of drug-likeness (QED) is 0.0623. The Kier molecular flexibility index (Phi) is 16.6. The molecule has 0 aromatic heterocycles. The number of hydrogen-bond donors (Lipinski definition) is 0. The first kappa shape index (κ1) is 39.5. The third-order valence-corrected chi connectivity index (χ3v) is 8.59. The van der Waals surface area contributed by atoms with Crippen LogP contribution >= 0.6 is 0 Å². The van der Waals surface area contributed by atoms with Gasteiger partial charge in [-0.25, -0.2) is 9.59 Å². The number of hydrogen-bond acceptors (Lipinski definition) is 8. The highest BCUT2D eigenvalue weighted by Crippen LogP contribution is 2.21. The largest absolute Gasteiger partial charge is 0.494 e. The van der Waals surface area contributed by atoms with E-state index in [1.807, 2.05) is 0 Å². The van der Waals surface area contributed by atoms with E-state index in [2.05, 4.69) is 13.8 Å². The molecule has 0 saturated heterocycles. The minimum absolute atomic E-state index is 0.141. The lowest BCUT2D eigenvalue weighted by Gasteiger charge is -2.07. The average molecular weight is 707 g/mol. The number of ether oxygens (including phenoxy) is 4. The van der Waals surface area contributed by atoms with E-state index in [1.165, 1.54) is 75.6 Å². The van der Waals surface area contributed by atoms with Gasteiger partial charge in [0.05, 0.1) is 24.3 Å². The van der Waals surface area contributed by atoms with Crippen molar-refractivity contribution in [2.45, 2.75) is 90.9 Å². The second-order valence-corrected chi connectivity index (χ2v) is 12.8. The highest BCUT2D eigenvalue weighted by atomic mass is 16.5. The van der Waals surface area contributed by atoms with Crippen LogP contribution < -0.4 is 29.8 Å². The second-order valence-electron chi connectivity index (χ2n) is 12.8. The molecule has 8 heteroatoms. The Balaban J connectivity index is 1.32. The first-order valence-electron chi connectivity index (χ1n) is 18.6. The molecule has 0 aliphatic rings. The summed E-state index contributed by atoms with van der Waals surface area (Å²) >= 11 is 0. The van der Waals surface area contributed by atoms with E-state index in [4.69, 9.17) is 18.9 Å². The molecule has 52 heavy (non-hydrogen) atoms. The molecule has 0 heterocycles. The van der Waals surface area contributed by atoms with Crippen molar-refractivity contribution in [3.63, 3.8) is 0 Å². The standard InChI is InChI=1S/C44H50O8/c1-3-5-7-9-11-13-31-49-37-23-15-35(16-24-37)43(47)51-41-29-21-33(19-27-39(41)45)34-20-28-40(46)42(30-22-34)52-44(48)36-17-25-38(26-18-36)50-32-14-12-10-8-6-4-2/h15-30H,3-14,31-32H2,1-2H3. The van der Waals surface area contributed by atoms with Gasteiger partial charge in [0.2, 0.25) is 10.9 Å². The maximum atomic E-state index is 12.8. The molecule has 0 fully saturated rings. The van der Waals surface area contributed by atoms with E-state index in [0.29, 0.717) is 35.8 Å². The zero-order valence-electron chi connectivity index (χ0n) is 30.4. The predicted molar refractivity (Wildman–Crippen MR) is 205 cm³/mol. The number of unbranched alkanes of at least 4 members (excludes halogenated alkanes) is 10. The van der Waals surface area contributed by atoms with Crippen LogP contribution in [0.4, 0.5) is 0 Å². The maximum Gasteiger partial charge on any atom is 0.343 e. The Morgan fingerprint density at radius 3 is 1.15 bits per heavy atom. The molecule has 0 unspecified atom stereocenters. The van der Waals surface area contributed by atoms with E-state index in [9.17, 15) is 19.2 Å². The Morgan fingerprint density at radius 1 is 0.423 bits per heavy atom. The van der Waals surface area contributed by atoms with Crippen molar-refractivity contribution in [2.75, 3.05) is 13.2 Å². The lowest BCUT2D eigenvalue weighted by atomic mass is 10.1. The number of carbonyl (C=O) groups excluding carboxylic acids is 2. The van der Waals surface area contributed by atoms with Crippen molar-refractivity contribution in [3.8, 4) is 34.1 Å². The number of benzene rings is 2. The monoisotopic (exact) mass is 706 g/mol. The summed E-state index contributed by atoms with van der Waals surface area (Å²) in [5.41, 5.74) is 0.747. The first-order valence-corrected chi connectivity index (χ1v) is 18.6. The normalized spacial score (nSPS) is 10.7. The van der Waals surface area contributed by atoms with Crippen LogP contribution in [-0.4, -0.2) is 25.2 Å². The van der Waals surface area contributed by atoms with Gasteiger partial charge in [-0.05, 0) is 96.8 Å². The van der Waals surface area contributed by atoms with Crippen LogP contribution in [0.25, 0.3) is 11.1 Å². The van der Waals surface area contributed by atoms with Crippen LogP contribution in [0, 0.1) is 0 Å². The van der Waals surface area contributed by atoms with Gasteiger partial charge in [0.15, 0.2) is 11.5 Å². The molecule has 4 rings (SSSR count). The molecule has 4 aromatic rings. The molecule has 0 radical (unpaired) electrons. The van der Waals surface area contributed by atoms with Crippen LogP contribution in [0.1, 0.15) is 112 Å². The molecule has 0 aliphatic carbocycles.